The maximum Gasteiger partial charge on any atom is 0.306 e. The van der Waals surface area contributed by atoms with Crippen LogP contribution in [-0.4, -0.2) is 99.6 Å². The van der Waals surface area contributed by atoms with Crippen LogP contribution in [0.4, 0.5) is 0 Å². The van der Waals surface area contributed by atoms with Crippen molar-refractivity contribution >= 4 is 11.9 Å². The van der Waals surface area contributed by atoms with E-state index in [1.54, 1.807) is 12.2 Å². The third kappa shape index (κ3) is 42.2. The maximum atomic E-state index is 13.4. The molecule has 450 valence electrons. The Kier molecular flexibility index (Phi) is 51.1. The fourth-order valence-corrected chi connectivity index (χ4v) is 10.0. The van der Waals surface area contributed by atoms with Gasteiger partial charge in [-0.05, 0) is 64.2 Å². The van der Waals surface area contributed by atoms with Gasteiger partial charge in [0.2, 0.25) is 5.91 Å². The smallest absolute Gasteiger partial charge is 0.306 e. The standard InChI is InChI=1S/C66H121NO10/c1-4-7-10-13-16-19-22-25-26-27-28-29-30-31-32-33-34-36-39-42-45-48-51-54-61(71)77-64-63(73)62(72)60(55-68)76-66(64)75-56-57(58(69)52-49-46-43-40-38-35-23-20-17-14-11-8-5-2)67-65(74)59(70)53-50-47-44-41-37-24-21-18-15-12-9-6-3/h25-26,37,41,47,49-50,52,57-60,62-64,66,68-70,72-73H,4-24,27-36,38-40,42-46,48,51,53-56H2,1-3H3,(H,67,74)/b26-25+,41-37-,50-47+,52-49+. The second-order valence-electron chi connectivity index (χ2n) is 22.5. The van der Waals surface area contributed by atoms with Gasteiger partial charge >= 0.3 is 5.97 Å². The monoisotopic (exact) mass is 1090 g/mol. The molecule has 0 aliphatic carbocycles. The highest BCUT2D eigenvalue weighted by atomic mass is 16.7. The number of aliphatic hydroxyl groups excluding tert-OH is 5. The summed E-state index contributed by atoms with van der Waals surface area (Å²) in [5.74, 6) is -1.26. The predicted molar refractivity (Wildman–Crippen MR) is 320 cm³/mol. The molecule has 1 aliphatic rings. The number of hydrogen-bond acceptors (Lipinski definition) is 10. The number of aliphatic hydroxyl groups is 5. The number of nitrogens with one attached hydrogen (secondary N) is 1. The van der Waals surface area contributed by atoms with Crippen LogP contribution in [0.15, 0.2) is 48.6 Å². The van der Waals surface area contributed by atoms with Gasteiger partial charge in [-0.3, -0.25) is 9.59 Å². The summed E-state index contributed by atoms with van der Waals surface area (Å²) in [4.78, 5) is 26.5. The van der Waals surface area contributed by atoms with E-state index in [1.807, 2.05) is 12.2 Å². The average Bonchev–Trinajstić information content (AvgIpc) is 3.43. The van der Waals surface area contributed by atoms with Gasteiger partial charge in [0.1, 0.15) is 24.4 Å². The van der Waals surface area contributed by atoms with Gasteiger partial charge in [-0.15, -0.1) is 0 Å². The van der Waals surface area contributed by atoms with Gasteiger partial charge < -0.3 is 45.1 Å². The van der Waals surface area contributed by atoms with Crippen LogP contribution in [0, 0.1) is 0 Å². The summed E-state index contributed by atoms with van der Waals surface area (Å²) in [6.07, 6.45) is 56.1. The molecular weight excluding hydrogens is 967 g/mol. The number of carbonyl (C=O) groups is 2. The van der Waals surface area contributed by atoms with Gasteiger partial charge in [0.15, 0.2) is 12.4 Å². The molecule has 0 aromatic rings. The normalized spacial score (nSPS) is 19.3. The summed E-state index contributed by atoms with van der Waals surface area (Å²) in [5.41, 5.74) is 0. The highest BCUT2D eigenvalue weighted by Gasteiger charge is 2.47. The Morgan fingerprint density at radius 3 is 1.34 bits per heavy atom. The lowest BCUT2D eigenvalue weighted by Crippen LogP contribution is -2.61. The summed E-state index contributed by atoms with van der Waals surface area (Å²) in [5, 5.41) is 56.9. The van der Waals surface area contributed by atoms with Crippen molar-refractivity contribution in [3.05, 3.63) is 48.6 Å². The second kappa shape index (κ2) is 54.2. The number of esters is 1. The van der Waals surface area contributed by atoms with Crippen molar-refractivity contribution in [3.8, 4) is 0 Å². The van der Waals surface area contributed by atoms with Crippen LogP contribution in [0.2, 0.25) is 0 Å². The molecule has 0 saturated carbocycles. The topological polar surface area (TPSA) is 175 Å². The number of unbranched alkanes of at least 4 members (excludes halogenated alkanes) is 36. The molecule has 0 bridgehead atoms. The quantitative estimate of drug-likeness (QED) is 0.0195. The molecule has 0 spiro atoms. The largest absolute Gasteiger partial charge is 0.454 e. The molecule has 1 fully saturated rings. The Labute approximate surface area is 472 Å². The fourth-order valence-electron chi connectivity index (χ4n) is 10.0. The van der Waals surface area contributed by atoms with Crippen LogP contribution in [0.3, 0.4) is 0 Å². The number of ether oxygens (including phenoxy) is 3. The Morgan fingerprint density at radius 1 is 0.506 bits per heavy atom. The van der Waals surface area contributed by atoms with Crippen molar-refractivity contribution in [2.75, 3.05) is 13.2 Å². The van der Waals surface area contributed by atoms with Gasteiger partial charge in [-0.2, -0.15) is 0 Å². The van der Waals surface area contributed by atoms with Crippen LogP contribution >= 0.6 is 0 Å². The van der Waals surface area contributed by atoms with E-state index < -0.39 is 67.4 Å². The number of rotatable bonds is 55. The summed E-state index contributed by atoms with van der Waals surface area (Å²) in [6, 6.07) is -1.05. The van der Waals surface area contributed by atoms with Gasteiger partial charge in [0.25, 0.3) is 0 Å². The number of hydrogen-bond donors (Lipinski definition) is 6. The highest BCUT2D eigenvalue weighted by molar-refractivity contribution is 5.81. The average molecular weight is 1090 g/mol. The van der Waals surface area contributed by atoms with Gasteiger partial charge in [-0.25, -0.2) is 0 Å². The van der Waals surface area contributed by atoms with Crippen molar-refractivity contribution in [3.63, 3.8) is 0 Å². The van der Waals surface area contributed by atoms with Crippen LogP contribution < -0.4 is 5.32 Å². The fraction of sp³-hybridized carbons (Fsp3) is 0.848. The van der Waals surface area contributed by atoms with E-state index in [9.17, 15) is 35.1 Å². The number of allylic oxidation sites excluding steroid dienone is 6. The van der Waals surface area contributed by atoms with E-state index in [2.05, 4.69) is 50.4 Å². The number of carbonyl (C=O) groups excluding carboxylic acids is 2. The third-order valence-electron chi connectivity index (χ3n) is 15.2. The van der Waals surface area contributed by atoms with Crippen molar-refractivity contribution in [1.29, 1.82) is 0 Å². The lowest BCUT2D eigenvalue weighted by atomic mass is 9.99. The third-order valence-corrected chi connectivity index (χ3v) is 15.2. The van der Waals surface area contributed by atoms with E-state index >= 15 is 0 Å². The van der Waals surface area contributed by atoms with Crippen molar-refractivity contribution < 1.29 is 49.3 Å². The highest BCUT2D eigenvalue weighted by Crippen LogP contribution is 2.26. The molecule has 1 rings (SSSR count). The van der Waals surface area contributed by atoms with Crippen LogP contribution in [0.5, 0.6) is 0 Å². The van der Waals surface area contributed by atoms with E-state index in [0.29, 0.717) is 12.8 Å². The lowest BCUT2D eigenvalue weighted by Gasteiger charge is -2.41. The zero-order valence-electron chi connectivity index (χ0n) is 49.8. The number of amides is 1. The van der Waals surface area contributed by atoms with Gasteiger partial charge in [0, 0.05) is 12.8 Å². The van der Waals surface area contributed by atoms with Crippen LogP contribution in [0.1, 0.15) is 297 Å². The summed E-state index contributed by atoms with van der Waals surface area (Å²) >= 11 is 0. The molecule has 77 heavy (non-hydrogen) atoms. The molecule has 8 unspecified atom stereocenters. The lowest BCUT2D eigenvalue weighted by molar-refractivity contribution is -0.305. The summed E-state index contributed by atoms with van der Waals surface area (Å²) in [7, 11) is 0. The molecule has 8 atom stereocenters. The Balaban J connectivity index is 2.63. The van der Waals surface area contributed by atoms with Crippen molar-refractivity contribution in [1.82, 2.24) is 5.32 Å². The van der Waals surface area contributed by atoms with Crippen LogP contribution in [-0.2, 0) is 23.8 Å². The van der Waals surface area contributed by atoms with Crippen LogP contribution in [0.25, 0.3) is 0 Å². The SMILES string of the molecule is CCCCCCCC/C=C\C/C=C/CC(O)C(=O)NC(COC1OC(CO)C(O)C(O)C1OC(=O)CCCCCCCCCCCCCCC/C=C/CCCCCCCC)C(O)/C=C/CCCCCCCCCCCCC. The van der Waals surface area contributed by atoms with Gasteiger partial charge in [-0.1, -0.05) is 268 Å². The molecular formula is C66H121NO10. The molecule has 0 aromatic heterocycles. The Bertz CT molecular complexity index is 1440. The predicted octanol–water partition coefficient (Wildman–Crippen LogP) is 15.6. The first-order chi connectivity index (χ1) is 37.7. The first-order valence-electron chi connectivity index (χ1n) is 32.4. The molecule has 1 aliphatic heterocycles. The van der Waals surface area contributed by atoms with Gasteiger partial charge in [0.05, 0.1) is 25.4 Å². The minimum Gasteiger partial charge on any atom is -0.454 e. The zero-order chi connectivity index (χ0) is 56.1. The Morgan fingerprint density at radius 2 is 0.896 bits per heavy atom. The minimum absolute atomic E-state index is 0.0831. The summed E-state index contributed by atoms with van der Waals surface area (Å²) < 4.78 is 17.6. The van der Waals surface area contributed by atoms with E-state index in [1.165, 1.54) is 205 Å². The second-order valence-corrected chi connectivity index (χ2v) is 22.5. The maximum absolute atomic E-state index is 13.4. The first-order valence-corrected chi connectivity index (χ1v) is 32.4. The molecule has 0 aromatic carbocycles. The molecule has 1 heterocycles. The van der Waals surface area contributed by atoms with Crippen molar-refractivity contribution in [2.24, 2.45) is 0 Å². The molecule has 1 amide bonds. The summed E-state index contributed by atoms with van der Waals surface area (Å²) in [6.45, 7) is 5.76. The molecule has 6 N–H and O–H groups in total. The molecule has 0 radical (unpaired) electrons. The van der Waals surface area contributed by atoms with Crippen molar-refractivity contribution in [2.45, 2.75) is 346 Å². The zero-order valence-corrected chi connectivity index (χ0v) is 49.8. The minimum atomic E-state index is -1.62. The van der Waals surface area contributed by atoms with E-state index in [0.717, 1.165) is 44.9 Å². The molecule has 1 saturated heterocycles. The molecule has 11 nitrogen and oxygen atoms in total. The Hall–Kier alpha value is -2.38. The first kappa shape index (κ1) is 72.6. The van der Waals surface area contributed by atoms with E-state index in [4.69, 9.17) is 14.2 Å². The van der Waals surface area contributed by atoms with E-state index in [-0.39, 0.29) is 19.4 Å². The molecule has 11 heteroatoms.